The fraction of sp³-hybridized carbons (Fsp3) is 0.100. The molecule has 15 heteroatoms. The Balaban J connectivity index is 1.66. The van der Waals surface area contributed by atoms with Gasteiger partial charge in [0.25, 0.3) is 15.9 Å². The summed E-state index contributed by atoms with van der Waals surface area (Å²) in [6.45, 7) is -0.763. The van der Waals surface area contributed by atoms with Crippen LogP contribution < -0.4 is 14.4 Å². The standard InChI is InChI=1S/C20H12F4N6O4S/c1-25-19(31)17-9-6-26-18(15(24)16(9)28-29-17)13-10(22)2-3-11(14(13)23)30-7-34-20-12(35(30,32)33)4-8(21)5-27-20/h2-6H,7H2,1H3,(H,25,31)(H,28,29). The largest absolute Gasteiger partial charge is 0.454 e. The van der Waals surface area contributed by atoms with Gasteiger partial charge < -0.3 is 10.1 Å². The summed E-state index contributed by atoms with van der Waals surface area (Å²) in [6, 6.07) is 2.17. The Morgan fingerprint density at radius 2 is 1.91 bits per heavy atom. The zero-order chi connectivity index (χ0) is 25.1. The number of aromatic amines is 1. The number of halogens is 4. The van der Waals surface area contributed by atoms with Gasteiger partial charge in [0, 0.05) is 19.3 Å². The number of rotatable bonds is 3. The molecule has 0 aliphatic carbocycles. The van der Waals surface area contributed by atoms with Crippen molar-refractivity contribution in [3.63, 3.8) is 0 Å². The zero-order valence-corrected chi connectivity index (χ0v) is 18.3. The maximum atomic E-state index is 15.6. The van der Waals surface area contributed by atoms with Gasteiger partial charge in [-0.2, -0.15) is 5.10 Å². The number of benzene rings is 1. The molecular weight excluding hydrogens is 496 g/mol. The third-order valence-electron chi connectivity index (χ3n) is 5.24. The summed E-state index contributed by atoms with van der Waals surface area (Å²) in [5.41, 5.74) is -3.01. The van der Waals surface area contributed by atoms with Crippen molar-refractivity contribution < 1.29 is 35.5 Å². The second-order valence-corrected chi connectivity index (χ2v) is 9.03. The number of anilines is 1. The monoisotopic (exact) mass is 508 g/mol. The molecule has 1 amide bonds. The van der Waals surface area contributed by atoms with Crippen LogP contribution in [0.3, 0.4) is 0 Å². The molecule has 0 bridgehead atoms. The van der Waals surface area contributed by atoms with E-state index in [1.807, 2.05) is 0 Å². The number of hydrogen-bond donors (Lipinski definition) is 2. The summed E-state index contributed by atoms with van der Waals surface area (Å²) >= 11 is 0. The van der Waals surface area contributed by atoms with Gasteiger partial charge in [0.15, 0.2) is 29.0 Å². The quantitative estimate of drug-likeness (QED) is 0.407. The van der Waals surface area contributed by atoms with E-state index in [9.17, 15) is 22.0 Å². The van der Waals surface area contributed by atoms with Gasteiger partial charge in [-0.15, -0.1) is 0 Å². The molecule has 0 spiro atoms. The summed E-state index contributed by atoms with van der Waals surface area (Å²) in [7, 11) is -3.25. The highest BCUT2D eigenvalue weighted by molar-refractivity contribution is 7.93. The Morgan fingerprint density at radius 1 is 1.14 bits per heavy atom. The van der Waals surface area contributed by atoms with E-state index in [0.717, 1.165) is 24.5 Å². The number of pyridine rings is 2. The first-order valence-corrected chi connectivity index (χ1v) is 11.1. The molecule has 2 N–H and O–H groups in total. The summed E-state index contributed by atoms with van der Waals surface area (Å²) in [5, 5.41) is 8.26. The average molecular weight is 508 g/mol. The maximum absolute atomic E-state index is 15.6. The molecule has 0 atom stereocenters. The van der Waals surface area contributed by atoms with Gasteiger partial charge in [-0.25, -0.2) is 35.3 Å². The van der Waals surface area contributed by atoms with Gasteiger partial charge in [0.2, 0.25) is 5.88 Å². The van der Waals surface area contributed by atoms with Crippen molar-refractivity contribution in [2.75, 3.05) is 18.1 Å². The van der Waals surface area contributed by atoms with Crippen LogP contribution >= 0.6 is 0 Å². The molecule has 1 aliphatic heterocycles. The first-order chi connectivity index (χ1) is 16.6. The Labute approximate surface area is 193 Å². The molecule has 0 saturated heterocycles. The molecule has 1 aliphatic rings. The van der Waals surface area contributed by atoms with E-state index >= 15 is 8.78 Å². The van der Waals surface area contributed by atoms with E-state index < -0.39 is 73.7 Å². The van der Waals surface area contributed by atoms with E-state index in [1.54, 1.807) is 0 Å². The number of nitrogens with one attached hydrogen (secondary N) is 2. The summed E-state index contributed by atoms with van der Waals surface area (Å²) in [6.07, 6.45) is 1.75. The fourth-order valence-corrected chi connectivity index (χ4v) is 5.00. The molecule has 0 radical (unpaired) electrons. The van der Waals surface area contributed by atoms with Crippen molar-refractivity contribution >= 4 is 32.5 Å². The molecule has 0 saturated carbocycles. The van der Waals surface area contributed by atoms with Gasteiger partial charge in [-0.05, 0) is 12.1 Å². The third-order valence-corrected chi connectivity index (χ3v) is 6.97. The Bertz CT molecular complexity index is 1640. The number of amides is 1. The van der Waals surface area contributed by atoms with E-state index in [0.29, 0.717) is 10.4 Å². The number of aromatic nitrogens is 4. The van der Waals surface area contributed by atoms with Gasteiger partial charge in [-0.1, -0.05) is 0 Å². The third kappa shape index (κ3) is 3.34. The van der Waals surface area contributed by atoms with Crippen molar-refractivity contribution in [1.82, 2.24) is 25.5 Å². The van der Waals surface area contributed by atoms with E-state index in [-0.39, 0.29) is 16.6 Å². The molecule has 5 rings (SSSR count). The minimum atomic E-state index is -4.58. The van der Waals surface area contributed by atoms with Crippen molar-refractivity contribution in [3.8, 4) is 17.1 Å². The van der Waals surface area contributed by atoms with Gasteiger partial charge in [-0.3, -0.25) is 14.9 Å². The van der Waals surface area contributed by atoms with Gasteiger partial charge in [0.1, 0.15) is 22.8 Å². The maximum Gasteiger partial charge on any atom is 0.272 e. The van der Waals surface area contributed by atoms with E-state index in [1.165, 1.54) is 7.05 Å². The number of nitrogens with zero attached hydrogens (tertiary/aromatic N) is 4. The first-order valence-electron chi connectivity index (χ1n) is 9.69. The number of sulfonamides is 1. The predicted molar refractivity (Wildman–Crippen MR) is 112 cm³/mol. The van der Waals surface area contributed by atoms with Crippen molar-refractivity contribution in [2.45, 2.75) is 4.90 Å². The second-order valence-electron chi connectivity index (χ2n) is 7.20. The van der Waals surface area contributed by atoms with Gasteiger partial charge in [0.05, 0.1) is 22.8 Å². The predicted octanol–water partition coefficient (Wildman–Crippen LogP) is 2.48. The smallest absolute Gasteiger partial charge is 0.272 e. The lowest BCUT2D eigenvalue weighted by atomic mass is 10.1. The molecule has 10 nitrogen and oxygen atoms in total. The van der Waals surface area contributed by atoms with Crippen LogP contribution in [0, 0.1) is 23.3 Å². The van der Waals surface area contributed by atoms with Crippen LogP contribution in [0.5, 0.6) is 5.88 Å². The second kappa shape index (κ2) is 7.90. The molecule has 0 unspecified atom stereocenters. The molecule has 1 aromatic carbocycles. The van der Waals surface area contributed by atoms with Crippen LogP contribution in [0.4, 0.5) is 23.2 Å². The van der Waals surface area contributed by atoms with Crippen LogP contribution in [0.2, 0.25) is 0 Å². The number of carbonyl (C=O) groups excluding carboxylic acids is 1. The molecule has 3 aromatic heterocycles. The Morgan fingerprint density at radius 3 is 2.66 bits per heavy atom. The minimum absolute atomic E-state index is 0.0410. The SMILES string of the molecule is CNC(=O)c1n[nH]c2c(F)c(-c3c(F)ccc(N4COc5ncc(F)cc5S4(=O)=O)c3F)ncc12. The number of hydrogen-bond acceptors (Lipinski definition) is 7. The van der Waals surface area contributed by atoms with E-state index in [4.69, 9.17) is 4.74 Å². The number of H-pyrrole nitrogens is 1. The molecule has 4 aromatic rings. The highest BCUT2D eigenvalue weighted by Crippen LogP contribution is 2.39. The van der Waals surface area contributed by atoms with Crippen molar-refractivity contribution in [3.05, 3.63) is 59.6 Å². The zero-order valence-electron chi connectivity index (χ0n) is 17.4. The fourth-order valence-electron chi connectivity index (χ4n) is 3.57. The van der Waals surface area contributed by atoms with E-state index in [2.05, 4.69) is 25.5 Å². The molecule has 180 valence electrons. The summed E-state index contributed by atoms with van der Waals surface area (Å²) < 4.78 is 90.9. The van der Waals surface area contributed by atoms with Crippen LogP contribution in [0.25, 0.3) is 22.2 Å². The lowest BCUT2D eigenvalue weighted by Crippen LogP contribution is -2.39. The summed E-state index contributed by atoms with van der Waals surface area (Å²) in [5.74, 6) is -5.96. The lowest BCUT2D eigenvalue weighted by molar-refractivity contribution is 0.0959. The number of ether oxygens (including phenoxy) is 1. The molecule has 0 fully saturated rings. The highest BCUT2D eigenvalue weighted by atomic mass is 32.2. The van der Waals surface area contributed by atoms with Crippen LogP contribution in [-0.4, -0.2) is 48.3 Å². The normalized spacial score (nSPS) is 14.5. The van der Waals surface area contributed by atoms with Crippen molar-refractivity contribution in [2.24, 2.45) is 0 Å². The minimum Gasteiger partial charge on any atom is -0.454 e. The van der Waals surface area contributed by atoms with Crippen LogP contribution in [-0.2, 0) is 10.0 Å². The number of fused-ring (bicyclic) bond motifs is 2. The average Bonchev–Trinajstić information content (AvgIpc) is 3.26. The molecule has 4 heterocycles. The van der Waals surface area contributed by atoms with Crippen LogP contribution in [0.1, 0.15) is 10.5 Å². The molecular formula is C20H12F4N6O4S. The highest BCUT2D eigenvalue weighted by Gasteiger charge is 2.37. The Kier molecular flexibility index (Phi) is 5.08. The summed E-state index contributed by atoms with van der Waals surface area (Å²) in [4.78, 5) is 18.5. The van der Waals surface area contributed by atoms with Crippen LogP contribution in [0.15, 0.2) is 35.5 Å². The first kappa shape index (κ1) is 22.5. The van der Waals surface area contributed by atoms with Crippen molar-refractivity contribution in [1.29, 1.82) is 0 Å². The van der Waals surface area contributed by atoms with Gasteiger partial charge >= 0.3 is 0 Å². The topological polar surface area (TPSA) is 130 Å². The lowest BCUT2D eigenvalue weighted by Gasteiger charge is -2.29. The molecule has 35 heavy (non-hydrogen) atoms. The Hall–Kier alpha value is -4.27. The number of carbonyl (C=O) groups is 1.